The van der Waals surface area contributed by atoms with Crippen molar-refractivity contribution >= 4 is 12.0 Å². The van der Waals surface area contributed by atoms with Gasteiger partial charge in [-0.25, -0.2) is 0 Å². The SMILES string of the molecule is CC12CCC3c4ccc(O)cc4C[C@@H](CCCCCCCCCSOCCCC(F)(F)C(F)(F)F)C3C1CCC2O. The van der Waals surface area contributed by atoms with Crippen LogP contribution in [0, 0.1) is 23.2 Å². The van der Waals surface area contributed by atoms with Crippen LogP contribution >= 0.6 is 12.0 Å². The number of aliphatic hydroxyl groups excluding tert-OH is 1. The normalized spacial score (nSPS) is 29.7. The van der Waals surface area contributed by atoms with Crippen LogP contribution in [-0.2, 0) is 10.6 Å². The van der Waals surface area contributed by atoms with Gasteiger partial charge in [0.05, 0.1) is 12.7 Å². The van der Waals surface area contributed by atoms with E-state index in [1.165, 1.54) is 43.2 Å². The van der Waals surface area contributed by atoms with Crippen LogP contribution in [0.1, 0.15) is 114 Å². The molecule has 5 unspecified atom stereocenters. The highest BCUT2D eigenvalue weighted by atomic mass is 32.2. The number of phenols is 1. The largest absolute Gasteiger partial charge is 0.508 e. The molecule has 0 saturated heterocycles. The van der Waals surface area contributed by atoms with Gasteiger partial charge in [0.15, 0.2) is 0 Å². The van der Waals surface area contributed by atoms with Gasteiger partial charge >= 0.3 is 12.1 Å². The number of benzene rings is 1. The van der Waals surface area contributed by atoms with Crippen LogP contribution in [0.15, 0.2) is 18.2 Å². The summed E-state index contributed by atoms with van der Waals surface area (Å²) in [6.45, 7) is 2.21. The summed E-state index contributed by atoms with van der Waals surface area (Å²) < 4.78 is 67.3. The lowest BCUT2D eigenvalue weighted by atomic mass is 9.52. The Labute approximate surface area is 246 Å². The van der Waals surface area contributed by atoms with Gasteiger partial charge in [-0.05, 0) is 116 Å². The number of rotatable bonds is 15. The Morgan fingerprint density at radius 2 is 1.66 bits per heavy atom. The lowest BCUT2D eigenvalue weighted by Crippen LogP contribution is -2.47. The molecule has 0 amide bonds. The predicted octanol–water partition coefficient (Wildman–Crippen LogP) is 9.60. The van der Waals surface area contributed by atoms with Crippen LogP contribution in [0.2, 0.25) is 0 Å². The predicted molar refractivity (Wildman–Crippen MR) is 153 cm³/mol. The van der Waals surface area contributed by atoms with Crippen LogP contribution in [0.5, 0.6) is 5.75 Å². The van der Waals surface area contributed by atoms with E-state index in [2.05, 4.69) is 13.0 Å². The molecule has 3 nitrogen and oxygen atoms in total. The van der Waals surface area contributed by atoms with Crippen molar-refractivity contribution in [2.24, 2.45) is 23.2 Å². The molecule has 9 heteroatoms. The highest BCUT2D eigenvalue weighted by molar-refractivity contribution is 7.94. The minimum atomic E-state index is -5.49. The lowest BCUT2D eigenvalue weighted by molar-refractivity contribution is -0.284. The molecular weight excluding hydrogens is 559 g/mol. The third kappa shape index (κ3) is 7.91. The molecular formula is C32H47F5O3S. The average Bonchev–Trinajstić information content (AvgIpc) is 3.21. The van der Waals surface area contributed by atoms with Crippen molar-refractivity contribution in [3.8, 4) is 5.75 Å². The second-order valence-corrected chi connectivity index (χ2v) is 13.9. The monoisotopic (exact) mass is 606 g/mol. The summed E-state index contributed by atoms with van der Waals surface area (Å²) in [5.41, 5.74) is 2.79. The van der Waals surface area contributed by atoms with E-state index in [0.29, 0.717) is 35.2 Å². The van der Waals surface area contributed by atoms with Gasteiger partial charge in [-0.3, -0.25) is 0 Å². The summed E-state index contributed by atoms with van der Waals surface area (Å²) in [6, 6.07) is 5.97. The van der Waals surface area contributed by atoms with E-state index in [-0.39, 0.29) is 24.5 Å². The summed E-state index contributed by atoms with van der Waals surface area (Å²) in [7, 11) is 0. The number of halogens is 5. The number of unbranched alkanes of at least 4 members (excludes halogenated alkanes) is 6. The van der Waals surface area contributed by atoms with E-state index < -0.39 is 18.5 Å². The van der Waals surface area contributed by atoms with E-state index in [4.69, 9.17) is 4.18 Å². The fourth-order valence-electron chi connectivity index (χ4n) is 8.10. The highest BCUT2D eigenvalue weighted by Crippen LogP contribution is 2.62. The van der Waals surface area contributed by atoms with Crippen molar-refractivity contribution in [3.63, 3.8) is 0 Å². The zero-order valence-electron chi connectivity index (χ0n) is 24.2. The van der Waals surface area contributed by atoms with E-state index >= 15 is 0 Å². The van der Waals surface area contributed by atoms with Crippen molar-refractivity contribution < 1.29 is 36.3 Å². The first-order valence-electron chi connectivity index (χ1n) is 15.6. The zero-order valence-corrected chi connectivity index (χ0v) is 25.1. The number of hydrogen-bond acceptors (Lipinski definition) is 4. The second-order valence-electron chi connectivity index (χ2n) is 13.0. The second kappa shape index (κ2) is 14.1. The summed E-state index contributed by atoms with van der Waals surface area (Å²) in [6.07, 6.45) is 7.11. The summed E-state index contributed by atoms with van der Waals surface area (Å²) >= 11 is 1.15. The molecule has 234 valence electrons. The van der Waals surface area contributed by atoms with E-state index in [1.807, 2.05) is 12.1 Å². The molecule has 4 rings (SSSR count). The number of phenolic OH excluding ortho intramolecular Hbond substituents is 1. The van der Waals surface area contributed by atoms with Gasteiger partial charge in [-0.2, -0.15) is 22.0 Å². The molecule has 0 bridgehead atoms. The number of hydrogen-bond donors (Lipinski definition) is 2. The molecule has 2 N–H and O–H groups in total. The third-order valence-electron chi connectivity index (χ3n) is 10.4. The third-order valence-corrected chi connectivity index (χ3v) is 11.1. The molecule has 1 aromatic carbocycles. The Kier molecular flexibility index (Phi) is 11.3. The first-order chi connectivity index (χ1) is 19.4. The number of aromatic hydroxyl groups is 1. The van der Waals surface area contributed by atoms with Crippen LogP contribution < -0.4 is 0 Å². The Bertz CT molecular complexity index is 973. The number of aliphatic hydroxyl groups is 1. The Balaban J connectivity index is 1.11. The molecule has 6 atom stereocenters. The van der Waals surface area contributed by atoms with Gasteiger partial charge in [-0.15, -0.1) is 0 Å². The summed E-state index contributed by atoms with van der Waals surface area (Å²) in [5.74, 6) is -1.25. The number of alkyl halides is 5. The molecule has 0 heterocycles. The van der Waals surface area contributed by atoms with Gasteiger partial charge in [0.25, 0.3) is 0 Å². The Morgan fingerprint density at radius 3 is 2.39 bits per heavy atom. The van der Waals surface area contributed by atoms with Gasteiger partial charge in [-0.1, -0.05) is 51.5 Å². The van der Waals surface area contributed by atoms with Crippen LogP contribution in [-0.4, -0.2) is 40.8 Å². The van der Waals surface area contributed by atoms with E-state index in [0.717, 1.165) is 63.4 Å². The van der Waals surface area contributed by atoms with Crippen molar-refractivity contribution in [2.75, 3.05) is 12.4 Å². The summed E-state index contributed by atoms with van der Waals surface area (Å²) in [4.78, 5) is 0. The maximum atomic E-state index is 12.9. The first kappa shape index (κ1) is 32.8. The fourth-order valence-corrected chi connectivity index (χ4v) is 8.77. The molecule has 2 fully saturated rings. The Morgan fingerprint density at radius 1 is 0.951 bits per heavy atom. The molecule has 0 spiro atoms. The maximum absolute atomic E-state index is 12.9. The smallest absolute Gasteiger partial charge is 0.453 e. The standard InChI is InChI=1S/C32H47F5O3S/c1-30-17-15-26-25-12-11-24(38)21-23(25)20-22(29(26)27(30)13-14-28(30)39)10-7-5-3-2-4-6-8-19-41-40-18-9-16-31(33,34)32(35,36)37/h11-12,21-22,26-29,38-39H,2-10,13-20H2,1H3/t22-,26?,27?,28?,29?,30?/m1/s1. The molecule has 0 aliphatic heterocycles. The quantitative estimate of drug-likeness (QED) is 0.119. The van der Waals surface area contributed by atoms with Gasteiger partial charge in [0, 0.05) is 12.2 Å². The van der Waals surface area contributed by atoms with Crippen LogP contribution in [0.25, 0.3) is 0 Å². The molecule has 3 aliphatic rings. The van der Waals surface area contributed by atoms with Crippen molar-refractivity contribution in [1.29, 1.82) is 0 Å². The zero-order chi connectivity index (χ0) is 29.7. The van der Waals surface area contributed by atoms with Crippen LogP contribution in [0.3, 0.4) is 0 Å². The molecule has 1 aromatic rings. The fraction of sp³-hybridized carbons (Fsp3) is 0.812. The minimum absolute atomic E-state index is 0.0406. The van der Waals surface area contributed by atoms with Gasteiger partial charge < -0.3 is 14.4 Å². The highest BCUT2D eigenvalue weighted by Gasteiger charge is 2.57. The topological polar surface area (TPSA) is 49.7 Å². The van der Waals surface area contributed by atoms with Gasteiger partial charge in [0.1, 0.15) is 5.75 Å². The average molecular weight is 607 g/mol. The first-order valence-corrected chi connectivity index (χ1v) is 16.5. The molecule has 0 radical (unpaired) electrons. The Hall–Kier alpha value is -1.06. The maximum Gasteiger partial charge on any atom is 0.453 e. The van der Waals surface area contributed by atoms with Crippen molar-refractivity contribution in [1.82, 2.24) is 0 Å². The molecule has 41 heavy (non-hydrogen) atoms. The summed E-state index contributed by atoms with van der Waals surface area (Å²) in [5, 5.41) is 21.0. The minimum Gasteiger partial charge on any atom is -0.508 e. The van der Waals surface area contributed by atoms with Gasteiger partial charge in [0.2, 0.25) is 0 Å². The van der Waals surface area contributed by atoms with Crippen LogP contribution in [0.4, 0.5) is 22.0 Å². The molecule has 3 aliphatic carbocycles. The van der Waals surface area contributed by atoms with E-state index in [1.54, 1.807) is 0 Å². The van der Waals surface area contributed by atoms with Crippen molar-refractivity contribution in [2.45, 2.75) is 127 Å². The molecule has 0 aromatic heterocycles. The lowest BCUT2D eigenvalue weighted by Gasteiger charge is -2.53. The van der Waals surface area contributed by atoms with E-state index in [9.17, 15) is 32.2 Å². The number of fused-ring (bicyclic) bond motifs is 5. The molecule has 2 saturated carbocycles. The van der Waals surface area contributed by atoms with Crippen molar-refractivity contribution in [3.05, 3.63) is 29.3 Å².